The van der Waals surface area contributed by atoms with Crippen LogP contribution in [0.1, 0.15) is 25.7 Å². The van der Waals surface area contributed by atoms with Crippen molar-refractivity contribution in [2.75, 3.05) is 32.1 Å². The van der Waals surface area contributed by atoms with Crippen LogP contribution in [-0.2, 0) is 0 Å². The first kappa shape index (κ1) is 11.3. The summed E-state index contributed by atoms with van der Waals surface area (Å²) in [5.74, 6) is 2.07. The molecular formula is C10H21NOS. The van der Waals surface area contributed by atoms with E-state index in [9.17, 15) is 5.11 Å². The Morgan fingerprint density at radius 3 is 2.46 bits per heavy atom. The molecule has 0 spiro atoms. The van der Waals surface area contributed by atoms with Crippen LogP contribution >= 0.6 is 11.8 Å². The third-order valence-electron chi connectivity index (χ3n) is 2.59. The molecule has 1 N–H and O–H groups in total. The molecule has 78 valence electrons. The van der Waals surface area contributed by atoms with Gasteiger partial charge in [0.25, 0.3) is 0 Å². The second-order valence-corrected chi connectivity index (χ2v) is 5.39. The highest BCUT2D eigenvalue weighted by atomic mass is 32.2. The molecule has 1 aliphatic carbocycles. The van der Waals surface area contributed by atoms with E-state index < -0.39 is 0 Å². The Kier molecular flexibility index (Phi) is 4.56. The number of aliphatic hydroxyl groups is 1. The maximum absolute atomic E-state index is 10.0. The lowest BCUT2D eigenvalue weighted by Crippen LogP contribution is -2.28. The van der Waals surface area contributed by atoms with Gasteiger partial charge in [0.05, 0.1) is 5.60 Å². The van der Waals surface area contributed by atoms with E-state index in [1.54, 1.807) is 0 Å². The van der Waals surface area contributed by atoms with Gasteiger partial charge in [0.1, 0.15) is 0 Å². The van der Waals surface area contributed by atoms with Crippen LogP contribution in [0.2, 0.25) is 0 Å². The lowest BCUT2D eigenvalue weighted by molar-refractivity contribution is 0.0732. The summed E-state index contributed by atoms with van der Waals surface area (Å²) >= 11 is 1.89. The fraction of sp³-hybridized carbons (Fsp3) is 1.00. The van der Waals surface area contributed by atoms with Crippen molar-refractivity contribution in [3.63, 3.8) is 0 Å². The predicted molar refractivity (Wildman–Crippen MR) is 59.3 cm³/mol. The molecule has 0 heterocycles. The number of rotatable bonds is 5. The Bertz CT molecular complexity index is 144. The average molecular weight is 203 g/mol. The third kappa shape index (κ3) is 4.34. The van der Waals surface area contributed by atoms with Crippen LogP contribution in [0, 0.1) is 0 Å². The highest BCUT2D eigenvalue weighted by Crippen LogP contribution is 2.32. The first-order chi connectivity index (χ1) is 6.12. The van der Waals surface area contributed by atoms with Gasteiger partial charge >= 0.3 is 0 Å². The van der Waals surface area contributed by atoms with Crippen molar-refractivity contribution in [2.45, 2.75) is 31.3 Å². The van der Waals surface area contributed by atoms with Crippen molar-refractivity contribution in [3.8, 4) is 0 Å². The van der Waals surface area contributed by atoms with Gasteiger partial charge in [-0.1, -0.05) is 12.8 Å². The minimum atomic E-state index is -0.322. The van der Waals surface area contributed by atoms with Gasteiger partial charge in [-0.25, -0.2) is 0 Å². The van der Waals surface area contributed by atoms with Gasteiger partial charge in [-0.05, 0) is 26.9 Å². The molecule has 0 unspecified atom stereocenters. The van der Waals surface area contributed by atoms with Gasteiger partial charge < -0.3 is 10.0 Å². The van der Waals surface area contributed by atoms with Gasteiger partial charge in [-0.3, -0.25) is 0 Å². The molecular weight excluding hydrogens is 182 g/mol. The SMILES string of the molecule is CN(C)CCSCC1(O)CCCC1. The maximum atomic E-state index is 10.0. The summed E-state index contributed by atoms with van der Waals surface area (Å²) in [5.41, 5.74) is -0.322. The van der Waals surface area contributed by atoms with Crippen LogP contribution in [0.15, 0.2) is 0 Å². The highest BCUT2D eigenvalue weighted by Gasteiger charge is 2.30. The smallest absolute Gasteiger partial charge is 0.0737 e. The quantitative estimate of drug-likeness (QED) is 0.686. The molecule has 1 saturated carbocycles. The zero-order valence-electron chi connectivity index (χ0n) is 8.75. The van der Waals surface area contributed by atoms with E-state index in [0.717, 1.165) is 30.9 Å². The topological polar surface area (TPSA) is 23.5 Å². The Morgan fingerprint density at radius 1 is 1.31 bits per heavy atom. The standard InChI is InChI=1S/C10H21NOS/c1-11(2)7-8-13-9-10(12)5-3-4-6-10/h12H,3-9H2,1-2H3. The second-order valence-electron chi connectivity index (χ2n) is 4.29. The normalized spacial score (nSPS) is 21.2. The zero-order valence-corrected chi connectivity index (χ0v) is 9.57. The van der Waals surface area contributed by atoms with E-state index in [2.05, 4.69) is 19.0 Å². The van der Waals surface area contributed by atoms with E-state index >= 15 is 0 Å². The molecule has 3 heteroatoms. The van der Waals surface area contributed by atoms with E-state index in [1.165, 1.54) is 12.8 Å². The molecule has 0 aromatic rings. The summed E-state index contributed by atoms with van der Waals surface area (Å²) in [5, 5.41) is 10.0. The molecule has 0 bridgehead atoms. The first-order valence-corrected chi connectivity index (χ1v) is 6.23. The molecule has 1 rings (SSSR count). The van der Waals surface area contributed by atoms with Gasteiger partial charge in [0.15, 0.2) is 0 Å². The number of hydrogen-bond donors (Lipinski definition) is 1. The van der Waals surface area contributed by atoms with Gasteiger partial charge in [0, 0.05) is 18.1 Å². The van der Waals surface area contributed by atoms with Crippen LogP contribution in [0.5, 0.6) is 0 Å². The minimum Gasteiger partial charge on any atom is -0.389 e. The Labute approximate surface area is 85.7 Å². The number of thioether (sulfide) groups is 1. The van der Waals surface area contributed by atoms with E-state index in [4.69, 9.17) is 0 Å². The second kappa shape index (κ2) is 5.23. The van der Waals surface area contributed by atoms with Crippen molar-refractivity contribution in [3.05, 3.63) is 0 Å². The van der Waals surface area contributed by atoms with Crippen molar-refractivity contribution in [1.82, 2.24) is 4.90 Å². The molecule has 1 fully saturated rings. The fourth-order valence-corrected chi connectivity index (χ4v) is 2.99. The maximum Gasteiger partial charge on any atom is 0.0737 e. The Morgan fingerprint density at radius 2 is 1.92 bits per heavy atom. The van der Waals surface area contributed by atoms with Crippen molar-refractivity contribution >= 4 is 11.8 Å². The lowest BCUT2D eigenvalue weighted by Gasteiger charge is -2.21. The predicted octanol–water partition coefficient (Wildman–Crippen LogP) is 1.59. The summed E-state index contributed by atoms with van der Waals surface area (Å²) in [6, 6.07) is 0. The monoisotopic (exact) mass is 203 g/mol. The number of hydrogen-bond acceptors (Lipinski definition) is 3. The van der Waals surface area contributed by atoms with Gasteiger partial charge in [0.2, 0.25) is 0 Å². The first-order valence-electron chi connectivity index (χ1n) is 5.07. The molecule has 0 aromatic carbocycles. The zero-order chi connectivity index (χ0) is 9.73. The van der Waals surface area contributed by atoms with E-state index in [0.29, 0.717) is 0 Å². The molecule has 0 atom stereocenters. The van der Waals surface area contributed by atoms with Gasteiger partial charge in [-0.2, -0.15) is 11.8 Å². The summed E-state index contributed by atoms with van der Waals surface area (Å²) in [6.07, 6.45) is 4.46. The Balaban J connectivity index is 2.04. The molecule has 0 saturated heterocycles. The fourth-order valence-electron chi connectivity index (χ4n) is 1.69. The van der Waals surface area contributed by atoms with Crippen LogP contribution in [-0.4, -0.2) is 47.8 Å². The van der Waals surface area contributed by atoms with Crippen LogP contribution in [0.25, 0.3) is 0 Å². The summed E-state index contributed by atoms with van der Waals surface area (Å²) in [4.78, 5) is 2.19. The molecule has 0 aromatic heterocycles. The minimum absolute atomic E-state index is 0.322. The van der Waals surface area contributed by atoms with Crippen molar-refractivity contribution in [2.24, 2.45) is 0 Å². The summed E-state index contributed by atoms with van der Waals surface area (Å²) in [7, 11) is 4.18. The number of nitrogens with zero attached hydrogens (tertiary/aromatic N) is 1. The van der Waals surface area contributed by atoms with Crippen LogP contribution in [0.4, 0.5) is 0 Å². The van der Waals surface area contributed by atoms with Gasteiger partial charge in [-0.15, -0.1) is 0 Å². The van der Waals surface area contributed by atoms with Crippen LogP contribution < -0.4 is 0 Å². The molecule has 0 aliphatic heterocycles. The molecule has 1 aliphatic rings. The van der Waals surface area contributed by atoms with E-state index in [-0.39, 0.29) is 5.60 Å². The highest BCUT2D eigenvalue weighted by molar-refractivity contribution is 7.99. The molecule has 0 amide bonds. The van der Waals surface area contributed by atoms with Crippen LogP contribution in [0.3, 0.4) is 0 Å². The summed E-state index contributed by atoms with van der Waals surface area (Å²) in [6.45, 7) is 1.11. The Hall–Kier alpha value is 0.270. The van der Waals surface area contributed by atoms with E-state index in [1.807, 2.05) is 11.8 Å². The molecule has 2 nitrogen and oxygen atoms in total. The average Bonchev–Trinajstić information content (AvgIpc) is 2.47. The van der Waals surface area contributed by atoms with Crippen molar-refractivity contribution in [1.29, 1.82) is 0 Å². The van der Waals surface area contributed by atoms with Crippen molar-refractivity contribution < 1.29 is 5.11 Å². The summed E-state index contributed by atoms with van der Waals surface area (Å²) < 4.78 is 0. The molecule has 0 radical (unpaired) electrons. The largest absolute Gasteiger partial charge is 0.389 e. The third-order valence-corrected chi connectivity index (χ3v) is 3.80. The lowest BCUT2D eigenvalue weighted by atomic mass is 10.1. The molecule has 13 heavy (non-hydrogen) atoms.